The van der Waals surface area contributed by atoms with Crippen LogP contribution >= 0.6 is 22.6 Å². The first-order valence-electron chi connectivity index (χ1n) is 7.55. The van der Waals surface area contributed by atoms with E-state index in [9.17, 15) is 13.2 Å². The second kappa shape index (κ2) is 7.12. The number of carbonyl (C=O) groups is 1. The molecule has 25 heavy (non-hydrogen) atoms. The van der Waals surface area contributed by atoms with E-state index >= 15 is 0 Å². The van der Waals surface area contributed by atoms with E-state index in [1.165, 1.54) is 6.26 Å². The highest BCUT2D eigenvalue weighted by Gasteiger charge is 2.12. The molecule has 0 aliphatic heterocycles. The largest absolute Gasteiger partial charge is 0.352 e. The average molecular weight is 469 g/mol. The quantitative estimate of drug-likeness (QED) is 0.582. The zero-order valence-electron chi connectivity index (χ0n) is 13.4. The summed E-state index contributed by atoms with van der Waals surface area (Å²) in [6, 6.07) is 10.3. The standard InChI is InChI=1S/C17H16IN3O3S/c1-25(23,24)13-6-4-12(5-7-13)8-9-19-17(22)14-3-2-10-21-15(18)11-20-16(14)21/h2-7,10-11H,8-9H2,1H3,(H,19,22). The number of sulfone groups is 1. The molecule has 1 N–H and O–H groups in total. The van der Waals surface area contributed by atoms with Gasteiger partial charge in [-0.1, -0.05) is 12.1 Å². The number of rotatable bonds is 5. The number of benzene rings is 1. The summed E-state index contributed by atoms with van der Waals surface area (Å²) in [4.78, 5) is 17.0. The third-order valence-electron chi connectivity index (χ3n) is 3.79. The van der Waals surface area contributed by atoms with Crippen LogP contribution in [0.25, 0.3) is 5.65 Å². The summed E-state index contributed by atoms with van der Waals surface area (Å²) < 4.78 is 25.7. The normalized spacial score (nSPS) is 11.6. The van der Waals surface area contributed by atoms with Crippen LogP contribution in [-0.2, 0) is 16.3 Å². The van der Waals surface area contributed by atoms with Crippen molar-refractivity contribution in [1.29, 1.82) is 0 Å². The Bertz CT molecular complexity index is 1030. The van der Waals surface area contributed by atoms with Gasteiger partial charge in [-0.15, -0.1) is 0 Å². The van der Waals surface area contributed by atoms with Crippen LogP contribution in [0.5, 0.6) is 0 Å². The van der Waals surface area contributed by atoms with Crippen LogP contribution in [0.1, 0.15) is 15.9 Å². The lowest BCUT2D eigenvalue weighted by Crippen LogP contribution is -2.26. The molecule has 3 rings (SSSR count). The molecule has 0 fully saturated rings. The summed E-state index contributed by atoms with van der Waals surface area (Å²) in [6.45, 7) is 0.454. The van der Waals surface area contributed by atoms with Crippen molar-refractivity contribution in [3.63, 3.8) is 0 Å². The predicted octanol–water partition coefficient (Wildman–Crippen LogP) is 2.31. The van der Waals surface area contributed by atoms with Crippen LogP contribution in [0.3, 0.4) is 0 Å². The summed E-state index contributed by atoms with van der Waals surface area (Å²) in [5.41, 5.74) is 2.11. The number of aromatic nitrogens is 2. The van der Waals surface area contributed by atoms with E-state index < -0.39 is 9.84 Å². The summed E-state index contributed by atoms with van der Waals surface area (Å²) in [5, 5.41) is 2.88. The minimum absolute atomic E-state index is 0.180. The average Bonchev–Trinajstić information content (AvgIpc) is 2.96. The Morgan fingerprint density at radius 2 is 1.96 bits per heavy atom. The first kappa shape index (κ1) is 17.9. The van der Waals surface area contributed by atoms with E-state index in [0.29, 0.717) is 29.1 Å². The fourth-order valence-corrected chi connectivity index (χ4v) is 3.64. The lowest BCUT2D eigenvalue weighted by atomic mass is 10.1. The SMILES string of the molecule is CS(=O)(=O)c1ccc(CCNC(=O)c2cccn3c(I)cnc23)cc1. The summed E-state index contributed by atoms with van der Waals surface area (Å²) in [5.74, 6) is -0.180. The van der Waals surface area contributed by atoms with Crippen molar-refractivity contribution in [2.75, 3.05) is 12.8 Å². The minimum Gasteiger partial charge on any atom is -0.352 e. The van der Waals surface area contributed by atoms with Crippen LogP contribution in [-0.4, -0.2) is 36.5 Å². The van der Waals surface area contributed by atoms with Crippen molar-refractivity contribution < 1.29 is 13.2 Å². The minimum atomic E-state index is -3.19. The molecule has 2 aromatic heterocycles. The number of pyridine rings is 1. The van der Waals surface area contributed by atoms with Gasteiger partial charge < -0.3 is 5.32 Å². The van der Waals surface area contributed by atoms with Crippen LogP contribution in [0, 0.1) is 3.70 Å². The van der Waals surface area contributed by atoms with Gasteiger partial charge in [-0.3, -0.25) is 9.20 Å². The molecular formula is C17H16IN3O3S. The van der Waals surface area contributed by atoms with Gasteiger partial charge in [-0.25, -0.2) is 13.4 Å². The molecule has 130 valence electrons. The lowest BCUT2D eigenvalue weighted by Gasteiger charge is -2.07. The maximum absolute atomic E-state index is 12.4. The third-order valence-corrected chi connectivity index (χ3v) is 5.71. The molecule has 2 heterocycles. The highest BCUT2D eigenvalue weighted by molar-refractivity contribution is 14.1. The third kappa shape index (κ3) is 4.01. The Labute approximate surface area is 159 Å². The maximum Gasteiger partial charge on any atom is 0.255 e. The van der Waals surface area contributed by atoms with Gasteiger partial charge in [0.1, 0.15) is 9.35 Å². The van der Waals surface area contributed by atoms with Gasteiger partial charge in [0.2, 0.25) is 0 Å². The Morgan fingerprint density at radius 1 is 1.24 bits per heavy atom. The van der Waals surface area contributed by atoms with Gasteiger partial charge >= 0.3 is 0 Å². The number of carbonyl (C=O) groups excluding carboxylic acids is 1. The van der Waals surface area contributed by atoms with Gasteiger partial charge in [0.25, 0.3) is 5.91 Å². The molecule has 8 heteroatoms. The first-order chi connectivity index (χ1) is 11.9. The monoisotopic (exact) mass is 469 g/mol. The molecule has 1 aromatic carbocycles. The number of amides is 1. The second-order valence-electron chi connectivity index (χ2n) is 5.62. The maximum atomic E-state index is 12.4. The molecule has 1 amide bonds. The van der Waals surface area contributed by atoms with Gasteiger partial charge in [-0.2, -0.15) is 0 Å². The number of halogens is 1. The fourth-order valence-electron chi connectivity index (χ4n) is 2.48. The molecule has 0 radical (unpaired) electrons. The van der Waals surface area contributed by atoms with Crippen molar-refractivity contribution in [1.82, 2.24) is 14.7 Å². The van der Waals surface area contributed by atoms with Crippen LogP contribution in [0.15, 0.2) is 53.7 Å². The molecular weight excluding hydrogens is 453 g/mol. The Hall–Kier alpha value is -1.94. The van der Waals surface area contributed by atoms with Gasteiger partial charge in [0, 0.05) is 19.0 Å². The van der Waals surface area contributed by atoms with Crippen LogP contribution in [0.2, 0.25) is 0 Å². The number of nitrogens with zero attached hydrogens (tertiary/aromatic N) is 2. The van der Waals surface area contributed by atoms with Gasteiger partial charge in [-0.05, 0) is 58.8 Å². The fraction of sp³-hybridized carbons (Fsp3) is 0.176. The molecule has 0 aliphatic rings. The Kier molecular flexibility index (Phi) is 5.09. The van der Waals surface area contributed by atoms with E-state index in [-0.39, 0.29) is 5.91 Å². The molecule has 0 aliphatic carbocycles. The van der Waals surface area contributed by atoms with E-state index in [0.717, 1.165) is 9.26 Å². The van der Waals surface area contributed by atoms with Crippen LogP contribution < -0.4 is 5.32 Å². The number of fused-ring (bicyclic) bond motifs is 1. The molecule has 0 saturated carbocycles. The zero-order chi connectivity index (χ0) is 18.0. The summed E-state index contributed by atoms with van der Waals surface area (Å²) >= 11 is 2.16. The molecule has 6 nitrogen and oxygen atoms in total. The van der Waals surface area contributed by atoms with Gasteiger partial charge in [0.05, 0.1) is 16.7 Å². The van der Waals surface area contributed by atoms with Crippen molar-refractivity contribution in [2.24, 2.45) is 0 Å². The number of nitrogens with one attached hydrogen (secondary N) is 1. The smallest absolute Gasteiger partial charge is 0.255 e. The van der Waals surface area contributed by atoms with Gasteiger partial charge in [0.15, 0.2) is 9.84 Å². The molecule has 0 unspecified atom stereocenters. The highest BCUT2D eigenvalue weighted by Crippen LogP contribution is 2.14. The lowest BCUT2D eigenvalue weighted by molar-refractivity contribution is 0.0955. The van der Waals surface area contributed by atoms with E-state index in [4.69, 9.17) is 0 Å². The molecule has 0 saturated heterocycles. The first-order valence-corrected chi connectivity index (χ1v) is 10.5. The van der Waals surface area contributed by atoms with E-state index in [2.05, 4.69) is 32.9 Å². The molecule has 0 atom stereocenters. The van der Waals surface area contributed by atoms with Crippen molar-refractivity contribution >= 4 is 44.0 Å². The summed E-state index contributed by atoms with van der Waals surface area (Å²) in [6.07, 6.45) is 5.38. The Balaban J connectivity index is 1.64. The zero-order valence-corrected chi connectivity index (χ0v) is 16.4. The highest BCUT2D eigenvalue weighted by atomic mass is 127. The second-order valence-corrected chi connectivity index (χ2v) is 8.74. The van der Waals surface area contributed by atoms with Crippen molar-refractivity contribution in [3.05, 3.63) is 63.6 Å². The molecule has 0 bridgehead atoms. The van der Waals surface area contributed by atoms with E-state index in [1.54, 1.807) is 36.5 Å². The Morgan fingerprint density at radius 3 is 2.64 bits per heavy atom. The van der Waals surface area contributed by atoms with Crippen LogP contribution in [0.4, 0.5) is 0 Å². The summed E-state index contributed by atoms with van der Waals surface area (Å²) in [7, 11) is -3.19. The number of imidazole rings is 1. The van der Waals surface area contributed by atoms with Crippen molar-refractivity contribution in [3.8, 4) is 0 Å². The van der Waals surface area contributed by atoms with Crippen molar-refractivity contribution in [2.45, 2.75) is 11.3 Å². The number of hydrogen-bond donors (Lipinski definition) is 1. The topological polar surface area (TPSA) is 80.5 Å². The molecule has 3 aromatic rings. The molecule has 0 spiro atoms. The number of hydrogen-bond acceptors (Lipinski definition) is 4. The van der Waals surface area contributed by atoms with E-state index in [1.807, 2.05) is 16.7 Å². The predicted molar refractivity (Wildman–Crippen MR) is 103 cm³/mol.